The van der Waals surface area contributed by atoms with Gasteiger partial charge in [0.05, 0.1) is 4.91 Å². The van der Waals surface area contributed by atoms with Gasteiger partial charge in [0.25, 0.3) is 5.91 Å². The van der Waals surface area contributed by atoms with Crippen LogP contribution in [0.1, 0.15) is 24.0 Å². The molecule has 3 rings (SSSR count). The Morgan fingerprint density at radius 2 is 1.86 bits per heavy atom. The molecule has 7 heteroatoms. The number of hydrogen-bond acceptors (Lipinski definition) is 4. The van der Waals surface area contributed by atoms with Crippen molar-refractivity contribution in [3.63, 3.8) is 0 Å². The van der Waals surface area contributed by atoms with Crippen LogP contribution >= 0.6 is 39.9 Å². The molecule has 1 aliphatic heterocycles. The van der Waals surface area contributed by atoms with E-state index in [0.717, 1.165) is 15.7 Å². The van der Waals surface area contributed by atoms with E-state index in [9.17, 15) is 9.59 Å². The van der Waals surface area contributed by atoms with E-state index in [1.54, 1.807) is 4.90 Å². The van der Waals surface area contributed by atoms with Crippen molar-refractivity contribution in [2.24, 2.45) is 0 Å². The number of benzene rings is 2. The molecule has 2 aromatic carbocycles. The number of carbonyl (C=O) groups is 2. The highest BCUT2D eigenvalue weighted by Gasteiger charge is 2.31. The van der Waals surface area contributed by atoms with Crippen molar-refractivity contribution < 1.29 is 9.59 Å². The molecule has 0 aliphatic carbocycles. The molecular weight excluding hydrogens is 456 g/mol. The van der Waals surface area contributed by atoms with Gasteiger partial charge in [-0.2, -0.15) is 0 Å². The van der Waals surface area contributed by atoms with Gasteiger partial charge in [0.1, 0.15) is 4.32 Å². The second-order valence-electron chi connectivity index (χ2n) is 6.40. The summed E-state index contributed by atoms with van der Waals surface area (Å²) in [5, 5.41) is 2.85. The molecule has 0 saturated carbocycles. The number of amides is 2. The molecule has 0 spiro atoms. The summed E-state index contributed by atoms with van der Waals surface area (Å²) in [6.07, 6.45) is 2.73. The van der Waals surface area contributed by atoms with E-state index in [1.807, 2.05) is 61.5 Å². The van der Waals surface area contributed by atoms with E-state index in [2.05, 4.69) is 21.2 Å². The Morgan fingerprint density at radius 3 is 2.54 bits per heavy atom. The smallest absolute Gasteiger partial charge is 0.266 e. The largest absolute Gasteiger partial charge is 0.326 e. The van der Waals surface area contributed by atoms with Crippen LogP contribution in [-0.4, -0.2) is 27.6 Å². The van der Waals surface area contributed by atoms with E-state index in [4.69, 9.17) is 12.2 Å². The molecule has 1 saturated heterocycles. The van der Waals surface area contributed by atoms with Gasteiger partial charge in [-0.15, -0.1) is 0 Å². The van der Waals surface area contributed by atoms with Crippen LogP contribution in [-0.2, 0) is 9.59 Å². The van der Waals surface area contributed by atoms with Crippen molar-refractivity contribution in [1.82, 2.24) is 4.90 Å². The van der Waals surface area contributed by atoms with Gasteiger partial charge in [0.2, 0.25) is 5.91 Å². The summed E-state index contributed by atoms with van der Waals surface area (Å²) in [4.78, 5) is 26.9. The third-order valence-corrected chi connectivity index (χ3v) is 6.07. The number of carbonyl (C=O) groups excluding carboxylic acids is 2. The molecule has 0 unspecified atom stereocenters. The second kappa shape index (κ2) is 9.49. The molecule has 144 valence electrons. The predicted molar refractivity (Wildman–Crippen MR) is 123 cm³/mol. The quantitative estimate of drug-likeness (QED) is 0.451. The SMILES string of the molecule is Cc1ccc(/C=C2\SC(=S)N(CCCC(=O)Nc3ccc(Br)cc3)C2=O)cc1. The Labute approximate surface area is 182 Å². The zero-order chi connectivity index (χ0) is 20.1. The molecule has 1 heterocycles. The minimum Gasteiger partial charge on any atom is -0.326 e. The second-order valence-corrected chi connectivity index (χ2v) is 8.99. The van der Waals surface area contributed by atoms with Gasteiger partial charge >= 0.3 is 0 Å². The first kappa shape index (κ1) is 20.8. The first-order chi connectivity index (χ1) is 13.4. The highest BCUT2D eigenvalue weighted by Crippen LogP contribution is 2.32. The monoisotopic (exact) mass is 474 g/mol. The first-order valence-electron chi connectivity index (χ1n) is 8.80. The lowest BCUT2D eigenvalue weighted by Crippen LogP contribution is -2.29. The Hall–Kier alpha value is -1.96. The summed E-state index contributed by atoms with van der Waals surface area (Å²) in [5.74, 6) is -0.174. The van der Waals surface area contributed by atoms with Crippen LogP contribution in [0.3, 0.4) is 0 Å². The number of hydrogen-bond donors (Lipinski definition) is 1. The average Bonchev–Trinajstić information content (AvgIpc) is 2.93. The number of thioether (sulfide) groups is 1. The number of thiocarbonyl (C=S) groups is 1. The fraction of sp³-hybridized carbons (Fsp3) is 0.190. The summed E-state index contributed by atoms with van der Waals surface area (Å²) in [7, 11) is 0. The molecule has 0 atom stereocenters. The van der Waals surface area contributed by atoms with Crippen LogP contribution in [0.15, 0.2) is 57.9 Å². The lowest BCUT2D eigenvalue weighted by molar-refractivity contribution is -0.122. The maximum absolute atomic E-state index is 12.6. The fourth-order valence-electron chi connectivity index (χ4n) is 2.66. The third kappa shape index (κ3) is 5.53. The molecule has 1 N–H and O–H groups in total. The van der Waals surface area contributed by atoms with Crippen molar-refractivity contribution in [1.29, 1.82) is 0 Å². The Morgan fingerprint density at radius 1 is 1.18 bits per heavy atom. The van der Waals surface area contributed by atoms with Crippen LogP contribution in [0.5, 0.6) is 0 Å². The highest BCUT2D eigenvalue weighted by molar-refractivity contribution is 9.10. The number of aryl methyl sites for hydroxylation is 1. The zero-order valence-electron chi connectivity index (χ0n) is 15.3. The molecular formula is C21H19BrN2O2S2. The number of anilines is 1. The number of halogens is 1. The fourth-order valence-corrected chi connectivity index (χ4v) is 4.23. The van der Waals surface area contributed by atoms with E-state index >= 15 is 0 Å². The molecule has 2 aromatic rings. The highest BCUT2D eigenvalue weighted by atomic mass is 79.9. The molecule has 28 heavy (non-hydrogen) atoms. The third-order valence-electron chi connectivity index (χ3n) is 4.16. The summed E-state index contributed by atoms with van der Waals surface area (Å²) >= 11 is 10.0. The van der Waals surface area contributed by atoms with Crippen LogP contribution in [0, 0.1) is 6.92 Å². The van der Waals surface area contributed by atoms with Gasteiger partial charge in [-0.3, -0.25) is 14.5 Å². The van der Waals surface area contributed by atoms with Gasteiger partial charge in [-0.1, -0.05) is 69.7 Å². The van der Waals surface area contributed by atoms with Crippen LogP contribution in [0.25, 0.3) is 6.08 Å². The molecule has 1 aliphatic rings. The van der Waals surface area contributed by atoms with Crippen molar-refractivity contribution >= 4 is 67.8 Å². The zero-order valence-corrected chi connectivity index (χ0v) is 18.5. The molecule has 0 bridgehead atoms. The van der Waals surface area contributed by atoms with Gasteiger partial charge in [0.15, 0.2) is 0 Å². The molecule has 4 nitrogen and oxygen atoms in total. The van der Waals surface area contributed by atoms with Crippen molar-refractivity contribution in [2.75, 3.05) is 11.9 Å². The van der Waals surface area contributed by atoms with E-state index in [1.165, 1.54) is 17.3 Å². The van der Waals surface area contributed by atoms with Crippen molar-refractivity contribution in [2.45, 2.75) is 19.8 Å². The normalized spacial score (nSPS) is 15.4. The first-order valence-corrected chi connectivity index (χ1v) is 10.8. The molecule has 1 fully saturated rings. The Balaban J connectivity index is 1.52. The Kier molecular flexibility index (Phi) is 7.04. The molecule has 0 radical (unpaired) electrons. The van der Waals surface area contributed by atoms with E-state index < -0.39 is 0 Å². The topological polar surface area (TPSA) is 49.4 Å². The van der Waals surface area contributed by atoms with Crippen molar-refractivity contribution in [3.8, 4) is 0 Å². The lowest BCUT2D eigenvalue weighted by atomic mass is 10.1. The number of rotatable bonds is 6. The van der Waals surface area contributed by atoms with E-state index in [0.29, 0.717) is 28.6 Å². The van der Waals surface area contributed by atoms with Crippen molar-refractivity contribution in [3.05, 3.63) is 69.0 Å². The number of nitrogens with zero attached hydrogens (tertiary/aromatic N) is 1. The number of nitrogens with one attached hydrogen (secondary N) is 1. The standard InChI is InChI=1S/C21H19BrN2O2S2/c1-14-4-6-15(7-5-14)13-18-20(26)24(21(27)28-18)12-2-3-19(25)23-17-10-8-16(22)9-11-17/h4-11,13H,2-3,12H2,1H3,(H,23,25)/b18-13-. The lowest BCUT2D eigenvalue weighted by Gasteiger charge is -2.14. The minimum absolute atomic E-state index is 0.0806. The van der Waals surface area contributed by atoms with Crippen LogP contribution in [0.2, 0.25) is 0 Å². The summed E-state index contributed by atoms with van der Waals surface area (Å²) < 4.78 is 1.50. The van der Waals surface area contributed by atoms with Gasteiger partial charge in [-0.05, 0) is 49.2 Å². The van der Waals surface area contributed by atoms with Crippen LogP contribution < -0.4 is 5.32 Å². The summed E-state index contributed by atoms with van der Waals surface area (Å²) in [6, 6.07) is 15.4. The summed E-state index contributed by atoms with van der Waals surface area (Å²) in [5.41, 5.74) is 2.89. The minimum atomic E-state index is -0.0936. The maximum atomic E-state index is 12.6. The molecule has 2 amide bonds. The van der Waals surface area contributed by atoms with E-state index in [-0.39, 0.29) is 11.8 Å². The predicted octanol–water partition coefficient (Wildman–Crippen LogP) is 5.38. The average molecular weight is 475 g/mol. The van der Waals surface area contributed by atoms with Gasteiger partial charge in [-0.25, -0.2) is 0 Å². The molecule has 0 aromatic heterocycles. The maximum Gasteiger partial charge on any atom is 0.266 e. The Bertz CT molecular complexity index is 924. The van der Waals surface area contributed by atoms with Gasteiger partial charge < -0.3 is 5.32 Å². The van der Waals surface area contributed by atoms with Gasteiger partial charge in [0, 0.05) is 23.1 Å². The van der Waals surface area contributed by atoms with Crippen LogP contribution in [0.4, 0.5) is 5.69 Å². The summed E-state index contributed by atoms with van der Waals surface area (Å²) in [6.45, 7) is 2.46.